The molecule has 118 valence electrons. The van der Waals surface area contributed by atoms with Crippen LogP contribution in [0, 0.1) is 0 Å². The maximum Gasteiger partial charge on any atom is 0.0931 e. The average Bonchev–Trinajstić information content (AvgIpc) is 2.46. The van der Waals surface area contributed by atoms with Crippen molar-refractivity contribution in [1.29, 1.82) is 0 Å². The third kappa shape index (κ3) is 5.40. The SMILES string of the molecule is CN(CCN1CCOCC1)CC(O)c1ccc(Cl)cc1Cl. The predicted octanol–water partition coefficient (Wildman–Crippen LogP) is 2.29. The molecule has 1 aromatic rings. The zero-order valence-corrected chi connectivity index (χ0v) is 13.8. The van der Waals surface area contributed by atoms with E-state index < -0.39 is 6.10 Å². The van der Waals surface area contributed by atoms with Crippen LogP contribution in [0.15, 0.2) is 18.2 Å². The van der Waals surface area contributed by atoms with E-state index in [9.17, 15) is 5.11 Å². The number of ether oxygens (including phenoxy) is 1. The number of hydrogen-bond donors (Lipinski definition) is 1. The normalized spacial score (nSPS) is 18.1. The first kappa shape index (κ1) is 17.0. The molecule has 1 saturated heterocycles. The first-order chi connectivity index (χ1) is 10.1. The van der Waals surface area contributed by atoms with Crippen LogP contribution in [0.4, 0.5) is 0 Å². The second-order valence-corrected chi connectivity index (χ2v) is 6.24. The van der Waals surface area contributed by atoms with Crippen molar-refractivity contribution in [2.45, 2.75) is 6.10 Å². The Bertz CT molecular complexity index is 453. The Balaban J connectivity index is 1.79. The molecule has 2 rings (SSSR count). The molecule has 0 saturated carbocycles. The Morgan fingerprint density at radius 3 is 2.71 bits per heavy atom. The van der Waals surface area contributed by atoms with Crippen molar-refractivity contribution in [2.24, 2.45) is 0 Å². The molecule has 0 aromatic heterocycles. The number of nitrogens with zero attached hydrogens (tertiary/aromatic N) is 2. The summed E-state index contributed by atoms with van der Waals surface area (Å²) in [6.07, 6.45) is -0.607. The molecule has 0 radical (unpaired) electrons. The molecule has 1 atom stereocenters. The molecule has 1 N–H and O–H groups in total. The summed E-state index contributed by atoms with van der Waals surface area (Å²) in [5.74, 6) is 0. The van der Waals surface area contributed by atoms with Crippen LogP contribution in [0.25, 0.3) is 0 Å². The van der Waals surface area contributed by atoms with E-state index in [0.717, 1.165) is 45.0 Å². The highest BCUT2D eigenvalue weighted by molar-refractivity contribution is 6.35. The lowest BCUT2D eigenvalue weighted by atomic mass is 10.1. The molecular formula is C15H22Cl2N2O2. The van der Waals surface area contributed by atoms with Crippen LogP contribution in [0.1, 0.15) is 11.7 Å². The second-order valence-electron chi connectivity index (χ2n) is 5.40. The van der Waals surface area contributed by atoms with Crippen LogP contribution in [-0.4, -0.2) is 67.9 Å². The summed E-state index contributed by atoms with van der Waals surface area (Å²) in [5, 5.41) is 11.4. The quantitative estimate of drug-likeness (QED) is 0.867. The van der Waals surface area contributed by atoms with E-state index in [4.69, 9.17) is 27.9 Å². The molecule has 0 amide bonds. The summed E-state index contributed by atoms with van der Waals surface area (Å²) in [6, 6.07) is 5.19. The Kier molecular flexibility index (Phi) is 6.74. The van der Waals surface area contributed by atoms with Gasteiger partial charge in [0, 0.05) is 48.3 Å². The van der Waals surface area contributed by atoms with E-state index in [1.807, 2.05) is 7.05 Å². The molecular weight excluding hydrogens is 311 g/mol. The first-order valence-corrected chi connectivity index (χ1v) is 7.93. The molecule has 0 spiro atoms. The number of aliphatic hydroxyl groups is 1. The molecule has 0 bridgehead atoms. The highest BCUT2D eigenvalue weighted by atomic mass is 35.5. The molecule has 1 unspecified atom stereocenters. The van der Waals surface area contributed by atoms with Crippen molar-refractivity contribution in [1.82, 2.24) is 9.80 Å². The molecule has 1 fully saturated rings. The zero-order valence-electron chi connectivity index (χ0n) is 12.3. The summed E-state index contributed by atoms with van der Waals surface area (Å²) in [7, 11) is 2.01. The Hall–Kier alpha value is -0.360. The van der Waals surface area contributed by atoms with Gasteiger partial charge in [-0.05, 0) is 19.2 Å². The molecule has 4 nitrogen and oxygen atoms in total. The highest BCUT2D eigenvalue weighted by Crippen LogP contribution is 2.26. The van der Waals surface area contributed by atoms with Gasteiger partial charge in [0.1, 0.15) is 0 Å². The fraction of sp³-hybridized carbons (Fsp3) is 0.600. The average molecular weight is 333 g/mol. The van der Waals surface area contributed by atoms with Gasteiger partial charge in [0.25, 0.3) is 0 Å². The highest BCUT2D eigenvalue weighted by Gasteiger charge is 2.16. The monoisotopic (exact) mass is 332 g/mol. The van der Waals surface area contributed by atoms with Crippen molar-refractivity contribution in [2.75, 3.05) is 53.0 Å². The largest absolute Gasteiger partial charge is 0.387 e. The van der Waals surface area contributed by atoms with Gasteiger partial charge in [-0.2, -0.15) is 0 Å². The zero-order chi connectivity index (χ0) is 15.2. The minimum atomic E-state index is -0.607. The van der Waals surface area contributed by atoms with Crippen LogP contribution in [-0.2, 0) is 4.74 Å². The molecule has 1 aromatic carbocycles. The van der Waals surface area contributed by atoms with Gasteiger partial charge in [-0.15, -0.1) is 0 Å². The minimum absolute atomic E-state index is 0.511. The van der Waals surface area contributed by atoms with Crippen LogP contribution in [0.2, 0.25) is 10.0 Å². The molecule has 1 heterocycles. The van der Waals surface area contributed by atoms with Crippen molar-refractivity contribution in [3.63, 3.8) is 0 Å². The smallest absolute Gasteiger partial charge is 0.0931 e. The van der Waals surface area contributed by atoms with Crippen molar-refractivity contribution < 1.29 is 9.84 Å². The minimum Gasteiger partial charge on any atom is -0.387 e. The Labute approximate surface area is 136 Å². The Morgan fingerprint density at radius 2 is 2.05 bits per heavy atom. The summed E-state index contributed by atoms with van der Waals surface area (Å²) >= 11 is 12.0. The molecule has 0 aliphatic carbocycles. The van der Waals surface area contributed by atoms with Crippen molar-refractivity contribution in [3.05, 3.63) is 33.8 Å². The van der Waals surface area contributed by atoms with Gasteiger partial charge < -0.3 is 14.7 Å². The Morgan fingerprint density at radius 1 is 1.33 bits per heavy atom. The lowest BCUT2D eigenvalue weighted by Gasteiger charge is -2.29. The van der Waals surface area contributed by atoms with Gasteiger partial charge >= 0.3 is 0 Å². The van der Waals surface area contributed by atoms with Crippen LogP contribution < -0.4 is 0 Å². The standard InChI is InChI=1S/C15H22Cl2N2O2/c1-18(4-5-19-6-8-21-9-7-19)11-15(20)13-3-2-12(16)10-14(13)17/h2-3,10,15,20H,4-9,11H2,1H3. The van der Waals surface area contributed by atoms with Crippen molar-refractivity contribution in [3.8, 4) is 0 Å². The third-order valence-electron chi connectivity index (χ3n) is 3.71. The van der Waals surface area contributed by atoms with Gasteiger partial charge in [-0.25, -0.2) is 0 Å². The maximum atomic E-state index is 10.3. The predicted molar refractivity (Wildman–Crippen MR) is 86.2 cm³/mol. The fourth-order valence-corrected chi connectivity index (χ4v) is 2.93. The number of morpholine rings is 1. The molecule has 21 heavy (non-hydrogen) atoms. The number of likely N-dealkylation sites (N-methyl/N-ethyl adjacent to an activating group) is 1. The summed E-state index contributed by atoms with van der Waals surface area (Å²) in [4.78, 5) is 4.49. The van der Waals surface area contributed by atoms with Crippen LogP contribution in [0.3, 0.4) is 0 Å². The van der Waals surface area contributed by atoms with E-state index in [0.29, 0.717) is 16.6 Å². The van der Waals surface area contributed by atoms with E-state index >= 15 is 0 Å². The molecule has 1 aliphatic rings. The van der Waals surface area contributed by atoms with E-state index in [1.165, 1.54) is 0 Å². The topological polar surface area (TPSA) is 35.9 Å². The van der Waals surface area contributed by atoms with E-state index in [1.54, 1.807) is 18.2 Å². The number of rotatable bonds is 6. The van der Waals surface area contributed by atoms with Gasteiger partial charge in [-0.3, -0.25) is 4.90 Å². The number of aliphatic hydroxyl groups excluding tert-OH is 1. The second kappa shape index (κ2) is 8.32. The lowest BCUT2D eigenvalue weighted by Crippen LogP contribution is -2.41. The number of benzene rings is 1. The first-order valence-electron chi connectivity index (χ1n) is 7.18. The van der Waals surface area contributed by atoms with Gasteiger partial charge in [-0.1, -0.05) is 29.3 Å². The summed E-state index contributed by atoms with van der Waals surface area (Å²) in [5.41, 5.74) is 0.722. The lowest BCUT2D eigenvalue weighted by molar-refractivity contribution is 0.0320. The van der Waals surface area contributed by atoms with Crippen LogP contribution in [0.5, 0.6) is 0 Å². The number of hydrogen-bond acceptors (Lipinski definition) is 4. The summed E-state index contributed by atoms with van der Waals surface area (Å²) < 4.78 is 5.33. The fourth-order valence-electron chi connectivity index (χ4n) is 2.39. The van der Waals surface area contributed by atoms with Gasteiger partial charge in [0.15, 0.2) is 0 Å². The maximum absolute atomic E-state index is 10.3. The molecule has 6 heteroatoms. The van der Waals surface area contributed by atoms with Crippen LogP contribution >= 0.6 is 23.2 Å². The van der Waals surface area contributed by atoms with Crippen molar-refractivity contribution >= 4 is 23.2 Å². The summed E-state index contributed by atoms with van der Waals surface area (Å²) in [6.45, 7) is 6.03. The van der Waals surface area contributed by atoms with Gasteiger partial charge in [0.2, 0.25) is 0 Å². The number of halogens is 2. The molecule has 1 aliphatic heterocycles. The van der Waals surface area contributed by atoms with E-state index in [-0.39, 0.29) is 0 Å². The third-order valence-corrected chi connectivity index (χ3v) is 4.27. The van der Waals surface area contributed by atoms with E-state index in [2.05, 4.69) is 9.80 Å². The van der Waals surface area contributed by atoms with Gasteiger partial charge in [0.05, 0.1) is 19.3 Å².